The van der Waals surface area contributed by atoms with Crippen molar-refractivity contribution >= 4 is 16.4 Å². The summed E-state index contributed by atoms with van der Waals surface area (Å²) in [6, 6.07) is 0. The Morgan fingerprint density at radius 1 is 1.36 bits per heavy atom. The van der Waals surface area contributed by atoms with Gasteiger partial charge in [-0.15, -0.1) is 0 Å². The molecule has 0 saturated heterocycles. The van der Waals surface area contributed by atoms with Crippen molar-refractivity contribution in [1.82, 2.24) is 0 Å². The van der Waals surface area contributed by atoms with Crippen molar-refractivity contribution in [2.24, 2.45) is 0 Å². The summed E-state index contributed by atoms with van der Waals surface area (Å²) in [6.45, 7) is 0.972. The normalized spacial score (nSPS) is 7.55. The Balaban J connectivity index is -0.0000000383. The maximum absolute atomic E-state index is 8.89. The summed E-state index contributed by atoms with van der Waals surface area (Å²) in [5.41, 5.74) is 0. The molecule has 9 heteroatoms. The third-order valence-corrected chi connectivity index (χ3v) is 0. The van der Waals surface area contributed by atoms with Gasteiger partial charge in [0, 0.05) is 5.97 Å². The van der Waals surface area contributed by atoms with Crippen LogP contribution in [0.3, 0.4) is 0 Å². The number of hydrogen-bond donors (Lipinski definition) is 2. The van der Waals surface area contributed by atoms with Gasteiger partial charge >= 0.3 is 29.9 Å². The van der Waals surface area contributed by atoms with Crippen LogP contribution in [0.5, 0.6) is 0 Å². The van der Waals surface area contributed by atoms with E-state index in [4.69, 9.17) is 27.4 Å². The molecule has 0 aliphatic carbocycles. The second-order valence-corrected chi connectivity index (χ2v) is 1.84. The van der Waals surface area contributed by atoms with Gasteiger partial charge in [-0.1, -0.05) is 0 Å². The van der Waals surface area contributed by atoms with Crippen LogP contribution >= 0.6 is 0 Å². The summed E-state index contributed by atoms with van der Waals surface area (Å²) < 4.78 is 31.6. The second-order valence-electron chi connectivity index (χ2n) is 0.939. The van der Waals surface area contributed by atoms with E-state index in [1.165, 1.54) is 0 Å². The third kappa shape index (κ3) is 10900. The largest absolute Gasteiger partial charge is 2.00 e. The Kier molecular flexibility index (Phi) is 21.0. The van der Waals surface area contributed by atoms with E-state index in [2.05, 4.69) is 0 Å². The van der Waals surface area contributed by atoms with Crippen molar-refractivity contribution in [3.8, 4) is 0 Å². The first-order chi connectivity index (χ1) is 3.73. The van der Waals surface area contributed by atoms with Crippen LogP contribution in [0.4, 0.5) is 0 Å². The van der Waals surface area contributed by atoms with Crippen LogP contribution in [0.15, 0.2) is 0 Å². The van der Waals surface area contributed by atoms with Gasteiger partial charge in [0.2, 0.25) is 0 Å². The van der Waals surface area contributed by atoms with Crippen LogP contribution < -0.4 is 17.5 Å². The predicted molar refractivity (Wildman–Crippen MR) is 24.9 cm³/mol. The predicted octanol–water partition coefficient (Wildman–Crippen LogP) is -4.90. The van der Waals surface area contributed by atoms with Gasteiger partial charge in [-0.05, 0) is 6.92 Å². The average molecular weight is 258 g/mol. The zero-order valence-corrected chi connectivity index (χ0v) is 10.1. The van der Waals surface area contributed by atoms with Gasteiger partial charge in [0.15, 0.2) is 0 Å². The van der Waals surface area contributed by atoms with Gasteiger partial charge < -0.3 is 22.3 Å². The Labute approximate surface area is 82.7 Å². The van der Waals surface area contributed by atoms with Gasteiger partial charge in [-0.2, -0.15) is 8.42 Å². The number of aliphatic carboxylic acids is 1. The standard InChI is InChI=1S/C2H4O2.ClH.H2O4S.Zn/c1-2(3)4;;1-5(2,3)4;/h1H3,(H,3,4);1H;(H2,1,2,3,4);/q;;;+2/p-2. The van der Waals surface area contributed by atoms with Crippen LogP contribution in [0.1, 0.15) is 6.92 Å². The molecule has 0 atom stereocenters. The van der Waals surface area contributed by atoms with Gasteiger partial charge in [-0.25, -0.2) is 0 Å². The monoisotopic (exact) mass is 256 g/mol. The SMILES string of the molecule is CC(=O)[O-].O=S(=O)(O)O.[Cl-].[Zn+2]. The molecule has 2 N–H and O–H groups in total. The molecule has 0 amide bonds. The fourth-order valence-electron chi connectivity index (χ4n) is 0. The third-order valence-electron chi connectivity index (χ3n) is 0. The number of carboxylic acids is 1. The van der Waals surface area contributed by atoms with E-state index in [1.54, 1.807) is 0 Å². The van der Waals surface area contributed by atoms with Gasteiger partial charge in [0.1, 0.15) is 0 Å². The van der Waals surface area contributed by atoms with Crippen molar-refractivity contribution < 1.29 is 59.3 Å². The molecule has 11 heavy (non-hydrogen) atoms. The molecule has 0 spiro atoms. The van der Waals surface area contributed by atoms with E-state index < -0.39 is 16.4 Å². The van der Waals surface area contributed by atoms with Gasteiger partial charge in [0.05, 0.1) is 0 Å². The maximum Gasteiger partial charge on any atom is 2.00 e. The molecular formula is C2H5ClO6SZn. The van der Waals surface area contributed by atoms with Crippen molar-refractivity contribution in [1.29, 1.82) is 0 Å². The van der Waals surface area contributed by atoms with E-state index in [0.717, 1.165) is 6.92 Å². The van der Waals surface area contributed by atoms with E-state index in [0.29, 0.717) is 0 Å². The van der Waals surface area contributed by atoms with Gasteiger partial charge in [-0.3, -0.25) is 9.11 Å². The summed E-state index contributed by atoms with van der Waals surface area (Å²) >= 11 is 0. The van der Waals surface area contributed by atoms with E-state index in [9.17, 15) is 0 Å². The Bertz CT molecular complexity index is 163. The smallest absolute Gasteiger partial charge is 1.00 e. The molecule has 0 bridgehead atoms. The number of carboxylic acid groups (broad SMARTS) is 1. The summed E-state index contributed by atoms with van der Waals surface area (Å²) in [7, 11) is -4.67. The molecule has 0 unspecified atom stereocenters. The molecule has 0 aromatic heterocycles. The van der Waals surface area contributed by atoms with Crippen LogP contribution in [0.25, 0.3) is 0 Å². The Morgan fingerprint density at radius 3 is 1.36 bits per heavy atom. The fraction of sp³-hybridized carbons (Fsp3) is 0.500. The first-order valence-corrected chi connectivity index (χ1v) is 3.00. The minimum Gasteiger partial charge on any atom is -1.00 e. The number of carbonyl (C=O) groups is 1. The zero-order valence-electron chi connectivity index (χ0n) is 5.52. The Morgan fingerprint density at radius 2 is 1.36 bits per heavy atom. The molecule has 0 heterocycles. The van der Waals surface area contributed by atoms with Crippen LogP contribution in [-0.4, -0.2) is 23.5 Å². The van der Waals surface area contributed by atoms with Crippen LogP contribution in [0.2, 0.25) is 0 Å². The minimum absolute atomic E-state index is 0. The molecule has 0 aliphatic rings. The zero-order chi connectivity index (χ0) is 8.08. The molecule has 0 aromatic carbocycles. The molecule has 0 fully saturated rings. The van der Waals surface area contributed by atoms with Crippen molar-refractivity contribution in [3.63, 3.8) is 0 Å². The first-order valence-electron chi connectivity index (χ1n) is 1.61. The van der Waals surface area contributed by atoms with E-state index in [1.807, 2.05) is 0 Å². The summed E-state index contributed by atoms with van der Waals surface area (Å²) in [5, 5.41) is 8.89. The first kappa shape index (κ1) is 22.5. The molecule has 0 radical (unpaired) electrons. The van der Waals surface area contributed by atoms with Crippen molar-refractivity contribution in [3.05, 3.63) is 0 Å². The van der Waals surface area contributed by atoms with E-state index in [-0.39, 0.29) is 31.9 Å². The minimum atomic E-state index is -4.67. The average Bonchev–Trinajstić information content (AvgIpc) is 1.19. The number of carbonyl (C=O) groups excluding carboxylic acids is 1. The van der Waals surface area contributed by atoms with Crippen molar-refractivity contribution in [2.45, 2.75) is 6.92 Å². The molecule has 0 aliphatic heterocycles. The molecule has 0 rings (SSSR count). The Hall–Kier alpha value is 0.253. The number of rotatable bonds is 0. The molecule has 6 nitrogen and oxygen atoms in total. The molecule has 0 saturated carbocycles. The van der Waals surface area contributed by atoms with Crippen molar-refractivity contribution in [2.75, 3.05) is 0 Å². The second kappa shape index (κ2) is 10.3. The molecular weight excluding hydrogens is 253 g/mol. The number of halogens is 1. The summed E-state index contributed by atoms with van der Waals surface area (Å²) in [5.74, 6) is -1.08. The maximum atomic E-state index is 8.89. The quantitative estimate of drug-likeness (QED) is 0.332. The summed E-state index contributed by atoms with van der Waals surface area (Å²) in [6.07, 6.45) is 0. The summed E-state index contributed by atoms with van der Waals surface area (Å²) in [4.78, 5) is 8.89. The van der Waals surface area contributed by atoms with E-state index >= 15 is 0 Å². The molecule has 0 aromatic rings. The molecule has 64 valence electrons. The van der Waals surface area contributed by atoms with Crippen LogP contribution in [0, 0.1) is 0 Å². The fourth-order valence-corrected chi connectivity index (χ4v) is 0. The van der Waals surface area contributed by atoms with Gasteiger partial charge in [0.25, 0.3) is 0 Å². The number of hydrogen-bond acceptors (Lipinski definition) is 4. The van der Waals surface area contributed by atoms with Crippen LogP contribution in [-0.2, 0) is 34.7 Å². The topological polar surface area (TPSA) is 115 Å².